The van der Waals surface area contributed by atoms with E-state index in [0.29, 0.717) is 50.9 Å². The van der Waals surface area contributed by atoms with Crippen LogP contribution in [0.2, 0.25) is 0 Å². The van der Waals surface area contributed by atoms with Crippen LogP contribution in [0.4, 0.5) is 0 Å². The summed E-state index contributed by atoms with van der Waals surface area (Å²) in [5.41, 5.74) is 1.95. The molecular weight excluding hydrogens is 500 g/mol. The summed E-state index contributed by atoms with van der Waals surface area (Å²) in [7, 11) is 1.85. The van der Waals surface area contributed by atoms with Crippen LogP contribution in [0.5, 0.6) is 0 Å². The lowest BCUT2D eigenvalue weighted by molar-refractivity contribution is -0.166. The summed E-state index contributed by atoms with van der Waals surface area (Å²) >= 11 is 0. The predicted molar refractivity (Wildman–Crippen MR) is 146 cm³/mol. The van der Waals surface area contributed by atoms with Crippen LogP contribution in [0.3, 0.4) is 0 Å². The zero-order chi connectivity index (χ0) is 27.9. The molecule has 1 aromatic carbocycles. The van der Waals surface area contributed by atoms with Crippen LogP contribution in [0.25, 0.3) is 5.69 Å². The van der Waals surface area contributed by atoms with Gasteiger partial charge in [0.25, 0.3) is 11.5 Å². The number of carbonyl (C=O) groups excluding carboxylic acids is 2. The number of nitrogens with zero attached hydrogens (tertiary/aromatic N) is 3. The van der Waals surface area contributed by atoms with Crippen LogP contribution in [0.15, 0.2) is 47.0 Å². The van der Waals surface area contributed by atoms with Crippen molar-refractivity contribution in [1.82, 2.24) is 19.6 Å². The molecule has 0 radical (unpaired) electrons. The quantitative estimate of drug-likeness (QED) is 0.400. The average molecular weight is 541 g/mol. The molecule has 0 unspecified atom stereocenters. The molecule has 1 saturated heterocycles. The molecular formula is C29H40N4O6. The third-order valence-corrected chi connectivity index (χ3v) is 7.63. The first-order chi connectivity index (χ1) is 18.9. The van der Waals surface area contributed by atoms with Gasteiger partial charge in [-0.25, -0.2) is 4.68 Å². The third kappa shape index (κ3) is 6.28. The Hall–Kier alpha value is -3.37. The minimum Gasteiger partial charge on any atom is -0.459 e. The van der Waals surface area contributed by atoms with Gasteiger partial charge in [-0.15, -0.1) is 0 Å². The standard InChI is InChI=1S/C29H40N4O6/c1-4-38-29-22(13-9-18-34)23(26-20(2)31(3)33(28(26)37)21-11-6-5-7-12-21)19-24(39-29)27(36)30-15-10-17-32-16-8-14-25(32)35/h5-7,11-12,19,22-23,29,34H,4,8-10,13-18H2,1-3H3,(H,30,36)/t22-,23+,29-/m0/s1. The Bertz CT molecular complexity index is 1230. The molecule has 0 spiro atoms. The summed E-state index contributed by atoms with van der Waals surface area (Å²) in [6, 6.07) is 9.43. The third-order valence-electron chi connectivity index (χ3n) is 7.63. The summed E-state index contributed by atoms with van der Waals surface area (Å²) in [4.78, 5) is 40.8. The fourth-order valence-electron chi connectivity index (χ4n) is 5.57. The SMILES string of the molecule is CCO[C@H]1OC(C(=O)NCCCN2CCCC2=O)=C[C@@H](c2c(C)n(C)n(-c3ccccc3)c2=O)[C@@H]1CCCO. The number of hydrogen-bond acceptors (Lipinski definition) is 6. The highest BCUT2D eigenvalue weighted by atomic mass is 16.7. The topological polar surface area (TPSA) is 115 Å². The predicted octanol–water partition coefficient (Wildman–Crippen LogP) is 2.36. The molecule has 2 aliphatic rings. The molecule has 4 rings (SSSR count). The van der Waals surface area contributed by atoms with Gasteiger partial charge in [0.15, 0.2) is 5.76 Å². The van der Waals surface area contributed by atoms with E-state index >= 15 is 0 Å². The number of para-hydroxylation sites is 1. The normalized spacial score (nSPS) is 21.1. The summed E-state index contributed by atoms with van der Waals surface area (Å²) in [5, 5.41) is 12.5. The monoisotopic (exact) mass is 540 g/mol. The van der Waals surface area contributed by atoms with Gasteiger partial charge in [-0.05, 0) is 57.7 Å². The van der Waals surface area contributed by atoms with Crippen molar-refractivity contribution in [2.45, 2.75) is 58.2 Å². The number of allylic oxidation sites excluding steroid dienone is 1. The molecule has 10 heteroatoms. The Morgan fingerprint density at radius 2 is 1.97 bits per heavy atom. The lowest BCUT2D eigenvalue weighted by Gasteiger charge is -2.36. The Labute approximate surface area is 229 Å². The van der Waals surface area contributed by atoms with E-state index in [9.17, 15) is 19.5 Å². The first-order valence-corrected chi connectivity index (χ1v) is 13.9. The lowest BCUT2D eigenvalue weighted by atomic mass is 9.80. The first kappa shape index (κ1) is 28.6. The van der Waals surface area contributed by atoms with Crippen LogP contribution in [-0.4, -0.2) is 70.3 Å². The van der Waals surface area contributed by atoms with E-state index in [1.807, 2.05) is 60.8 Å². The highest BCUT2D eigenvalue weighted by Gasteiger charge is 2.40. The maximum absolute atomic E-state index is 13.9. The number of carbonyl (C=O) groups is 2. The van der Waals surface area contributed by atoms with Gasteiger partial charge in [0, 0.05) is 69.4 Å². The second kappa shape index (κ2) is 13.1. The van der Waals surface area contributed by atoms with Crippen molar-refractivity contribution >= 4 is 11.8 Å². The van der Waals surface area contributed by atoms with Crippen LogP contribution in [0.1, 0.15) is 56.2 Å². The summed E-state index contributed by atoms with van der Waals surface area (Å²) in [6.07, 6.45) is 4.17. The van der Waals surface area contributed by atoms with Crippen LogP contribution in [-0.2, 0) is 26.1 Å². The molecule has 2 N–H and O–H groups in total. The summed E-state index contributed by atoms with van der Waals surface area (Å²) < 4.78 is 15.5. The minimum absolute atomic E-state index is 0.000657. The van der Waals surface area contributed by atoms with E-state index in [1.165, 1.54) is 0 Å². The Kier molecular flexibility index (Phi) is 9.63. The molecule has 2 aliphatic heterocycles. The zero-order valence-corrected chi connectivity index (χ0v) is 23.1. The van der Waals surface area contributed by atoms with Gasteiger partial charge in [0.1, 0.15) is 0 Å². The molecule has 1 fully saturated rings. The van der Waals surface area contributed by atoms with Crippen molar-refractivity contribution in [3.8, 4) is 5.69 Å². The number of amides is 2. The van der Waals surface area contributed by atoms with Gasteiger partial charge < -0.3 is 24.8 Å². The van der Waals surface area contributed by atoms with E-state index in [0.717, 1.165) is 24.3 Å². The van der Waals surface area contributed by atoms with E-state index in [1.54, 1.807) is 10.8 Å². The van der Waals surface area contributed by atoms with Gasteiger partial charge in [0.2, 0.25) is 12.2 Å². The zero-order valence-electron chi connectivity index (χ0n) is 23.1. The maximum atomic E-state index is 13.9. The number of rotatable bonds is 12. The van der Waals surface area contributed by atoms with Gasteiger partial charge in [-0.1, -0.05) is 18.2 Å². The number of likely N-dealkylation sites (tertiary alicyclic amines) is 1. The van der Waals surface area contributed by atoms with Gasteiger partial charge in [-0.3, -0.25) is 19.1 Å². The molecule has 1 aromatic heterocycles. The van der Waals surface area contributed by atoms with Gasteiger partial charge in [0.05, 0.1) is 5.69 Å². The van der Waals surface area contributed by atoms with Crippen molar-refractivity contribution < 1.29 is 24.2 Å². The molecule has 0 bridgehead atoms. The van der Waals surface area contributed by atoms with E-state index < -0.39 is 12.2 Å². The van der Waals surface area contributed by atoms with Crippen molar-refractivity contribution in [1.29, 1.82) is 0 Å². The molecule has 2 aromatic rings. The van der Waals surface area contributed by atoms with Gasteiger partial charge in [-0.2, -0.15) is 0 Å². The molecule has 39 heavy (non-hydrogen) atoms. The molecule has 2 amide bonds. The van der Waals surface area contributed by atoms with Crippen molar-refractivity contribution in [3.63, 3.8) is 0 Å². The summed E-state index contributed by atoms with van der Waals surface area (Å²) in [5.74, 6) is -0.823. The number of ether oxygens (including phenoxy) is 2. The van der Waals surface area contributed by atoms with Crippen molar-refractivity contribution in [2.24, 2.45) is 13.0 Å². The average Bonchev–Trinajstić information content (AvgIpc) is 3.44. The van der Waals surface area contributed by atoms with Crippen LogP contribution in [0, 0.1) is 12.8 Å². The molecule has 3 heterocycles. The van der Waals surface area contributed by atoms with E-state index in [2.05, 4.69) is 5.32 Å². The number of aliphatic hydroxyl groups is 1. The maximum Gasteiger partial charge on any atom is 0.286 e. The Morgan fingerprint density at radius 3 is 2.64 bits per heavy atom. The minimum atomic E-state index is -0.747. The highest BCUT2D eigenvalue weighted by molar-refractivity contribution is 5.91. The number of hydrogen-bond donors (Lipinski definition) is 2. The van der Waals surface area contributed by atoms with Gasteiger partial charge >= 0.3 is 0 Å². The first-order valence-electron chi connectivity index (χ1n) is 13.9. The molecule has 10 nitrogen and oxygen atoms in total. The molecule has 212 valence electrons. The van der Waals surface area contributed by atoms with E-state index in [-0.39, 0.29) is 35.7 Å². The van der Waals surface area contributed by atoms with Crippen molar-refractivity contribution in [3.05, 3.63) is 63.8 Å². The number of aliphatic hydroxyl groups excluding tert-OH is 1. The lowest BCUT2D eigenvalue weighted by Crippen LogP contribution is -2.40. The molecule has 0 aliphatic carbocycles. The number of aromatic nitrogens is 2. The fraction of sp³-hybridized carbons (Fsp3) is 0.552. The van der Waals surface area contributed by atoms with E-state index in [4.69, 9.17) is 9.47 Å². The fourth-order valence-corrected chi connectivity index (χ4v) is 5.57. The highest BCUT2D eigenvalue weighted by Crippen LogP contribution is 2.39. The summed E-state index contributed by atoms with van der Waals surface area (Å²) in [6.45, 7) is 5.90. The molecule has 3 atom stereocenters. The number of nitrogens with one attached hydrogen (secondary N) is 1. The smallest absolute Gasteiger partial charge is 0.286 e. The Balaban J connectivity index is 1.63. The Morgan fingerprint density at radius 1 is 1.21 bits per heavy atom. The van der Waals surface area contributed by atoms with Crippen molar-refractivity contribution in [2.75, 3.05) is 32.8 Å². The second-order valence-corrected chi connectivity index (χ2v) is 10.1. The second-order valence-electron chi connectivity index (χ2n) is 10.1. The van der Waals surface area contributed by atoms with Crippen LogP contribution < -0.4 is 10.9 Å². The van der Waals surface area contributed by atoms with Crippen LogP contribution >= 0.6 is 0 Å². The molecule has 0 saturated carbocycles. The largest absolute Gasteiger partial charge is 0.459 e. The number of benzene rings is 1.